The lowest BCUT2D eigenvalue weighted by Crippen LogP contribution is -2.33. The highest BCUT2D eigenvalue weighted by Gasteiger charge is 2.17. The third-order valence-corrected chi connectivity index (χ3v) is 3.25. The zero-order valence-electron chi connectivity index (χ0n) is 10.5. The molecule has 0 spiro atoms. The third-order valence-electron chi connectivity index (χ3n) is 3.25. The number of hydrogen-bond acceptors (Lipinski definition) is 5. The second-order valence-electron chi connectivity index (χ2n) is 4.44. The molecule has 0 radical (unpaired) electrons. The highest BCUT2D eigenvalue weighted by molar-refractivity contribution is 5.82. The summed E-state index contributed by atoms with van der Waals surface area (Å²) in [4.78, 5) is 19.7. The number of carbonyl (C=O) groups excluding carboxylic acids is 1. The molecule has 18 heavy (non-hydrogen) atoms. The first-order valence-corrected chi connectivity index (χ1v) is 6.33. The maximum absolute atomic E-state index is 11.0. The summed E-state index contributed by atoms with van der Waals surface area (Å²) < 4.78 is 0. The number of carbonyl (C=O) groups is 1. The number of hydrogen-bond donors (Lipinski definition) is 1. The molecule has 1 N–H and O–H groups in total. The van der Waals surface area contributed by atoms with Crippen molar-refractivity contribution in [3.8, 4) is 0 Å². The molecule has 1 aliphatic heterocycles. The van der Waals surface area contributed by atoms with Gasteiger partial charge in [-0.2, -0.15) is 0 Å². The van der Waals surface area contributed by atoms with Crippen molar-refractivity contribution in [2.75, 3.05) is 44.2 Å². The fourth-order valence-electron chi connectivity index (χ4n) is 2.31. The summed E-state index contributed by atoms with van der Waals surface area (Å²) in [7, 11) is 0. The predicted octanol–water partition coefficient (Wildman–Crippen LogP) is 0.398. The van der Waals surface area contributed by atoms with Gasteiger partial charge in [0.05, 0.1) is 12.2 Å². The minimum atomic E-state index is 0.198. The summed E-state index contributed by atoms with van der Waals surface area (Å²) in [6, 6.07) is 3.58. The molecule has 0 saturated carbocycles. The molecule has 1 aliphatic rings. The van der Waals surface area contributed by atoms with Gasteiger partial charge in [-0.15, -0.1) is 0 Å². The van der Waals surface area contributed by atoms with Crippen LogP contribution in [0.2, 0.25) is 0 Å². The van der Waals surface area contributed by atoms with Crippen molar-refractivity contribution in [1.82, 2.24) is 9.88 Å². The zero-order valence-corrected chi connectivity index (χ0v) is 10.5. The monoisotopic (exact) mass is 249 g/mol. The molecule has 0 aromatic carbocycles. The van der Waals surface area contributed by atoms with Gasteiger partial charge >= 0.3 is 0 Å². The molecule has 2 rings (SSSR count). The largest absolute Gasteiger partial charge is 0.395 e. The lowest BCUT2D eigenvalue weighted by Gasteiger charge is -2.23. The summed E-state index contributed by atoms with van der Waals surface area (Å²) in [5, 5.41) is 8.96. The Balaban J connectivity index is 2.07. The Morgan fingerprint density at radius 3 is 3.00 bits per heavy atom. The van der Waals surface area contributed by atoms with Crippen LogP contribution in [0.25, 0.3) is 0 Å². The molecule has 0 bridgehead atoms. The summed E-state index contributed by atoms with van der Waals surface area (Å²) in [5.41, 5.74) is 0.646. The van der Waals surface area contributed by atoms with E-state index in [1.807, 2.05) is 0 Å². The summed E-state index contributed by atoms with van der Waals surface area (Å²) >= 11 is 0. The Hall–Kier alpha value is -1.46. The number of aliphatic hydroxyl groups is 1. The molecule has 1 fully saturated rings. The van der Waals surface area contributed by atoms with Crippen LogP contribution < -0.4 is 4.90 Å². The van der Waals surface area contributed by atoms with Gasteiger partial charge in [-0.1, -0.05) is 0 Å². The lowest BCUT2D eigenvalue weighted by molar-refractivity contribution is 0.112. The molecular formula is C13H19N3O2. The van der Waals surface area contributed by atoms with Gasteiger partial charge in [0, 0.05) is 32.4 Å². The van der Waals surface area contributed by atoms with E-state index >= 15 is 0 Å². The molecule has 1 aromatic heterocycles. The molecule has 0 amide bonds. The summed E-state index contributed by atoms with van der Waals surface area (Å²) in [6.07, 6.45) is 3.60. The predicted molar refractivity (Wildman–Crippen MR) is 70.0 cm³/mol. The quantitative estimate of drug-likeness (QED) is 0.783. The molecule has 0 unspecified atom stereocenters. The number of aldehydes is 1. The molecule has 2 heterocycles. The third kappa shape index (κ3) is 3.05. The van der Waals surface area contributed by atoms with Crippen molar-refractivity contribution in [3.63, 3.8) is 0 Å². The Morgan fingerprint density at radius 2 is 2.22 bits per heavy atom. The fourth-order valence-corrected chi connectivity index (χ4v) is 2.31. The lowest BCUT2D eigenvalue weighted by atomic mass is 10.2. The van der Waals surface area contributed by atoms with Gasteiger partial charge < -0.3 is 10.0 Å². The van der Waals surface area contributed by atoms with E-state index in [2.05, 4.69) is 14.8 Å². The van der Waals surface area contributed by atoms with Gasteiger partial charge in [-0.25, -0.2) is 4.98 Å². The molecule has 1 saturated heterocycles. The molecular weight excluding hydrogens is 230 g/mol. The Morgan fingerprint density at radius 1 is 1.33 bits per heavy atom. The summed E-state index contributed by atoms with van der Waals surface area (Å²) in [5.74, 6) is 0.776. The van der Waals surface area contributed by atoms with Crippen LogP contribution in [0.1, 0.15) is 16.8 Å². The number of pyridine rings is 1. The molecule has 0 aliphatic carbocycles. The number of rotatable bonds is 4. The number of nitrogens with zero attached hydrogens (tertiary/aromatic N) is 3. The molecule has 1 aromatic rings. The number of aliphatic hydroxyl groups excluding tert-OH is 1. The van der Waals surface area contributed by atoms with Crippen molar-refractivity contribution >= 4 is 12.1 Å². The SMILES string of the molecule is O=Cc1cccnc1N1CCCN(CCO)CC1. The Bertz CT molecular complexity index is 398. The van der Waals surface area contributed by atoms with Crippen LogP contribution in [0.5, 0.6) is 0 Å². The van der Waals surface area contributed by atoms with Crippen LogP contribution in [-0.4, -0.2) is 60.6 Å². The van der Waals surface area contributed by atoms with Gasteiger partial charge in [0.2, 0.25) is 0 Å². The standard InChI is InChI=1S/C13H19N3O2/c17-10-9-15-5-2-6-16(8-7-15)13-12(11-18)3-1-4-14-13/h1,3-4,11,17H,2,5-10H2. The van der Waals surface area contributed by atoms with E-state index in [1.165, 1.54) is 0 Å². The molecule has 5 heteroatoms. The van der Waals surface area contributed by atoms with Gasteiger partial charge in [0.1, 0.15) is 5.82 Å². The van der Waals surface area contributed by atoms with E-state index in [0.717, 1.165) is 51.2 Å². The first kappa shape index (κ1) is 13.0. The van der Waals surface area contributed by atoms with E-state index in [4.69, 9.17) is 5.11 Å². The minimum absolute atomic E-state index is 0.198. The number of β-amino-alcohol motifs (C(OH)–C–C–N with tert-alkyl or cyclic N) is 1. The Kier molecular flexibility index (Phi) is 4.66. The second-order valence-corrected chi connectivity index (χ2v) is 4.44. The van der Waals surface area contributed by atoms with E-state index in [0.29, 0.717) is 5.56 Å². The van der Waals surface area contributed by atoms with Gasteiger partial charge in [0.25, 0.3) is 0 Å². The van der Waals surface area contributed by atoms with Gasteiger partial charge in [0.15, 0.2) is 6.29 Å². The van der Waals surface area contributed by atoms with Gasteiger partial charge in [-0.05, 0) is 25.1 Å². The minimum Gasteiger partial charge on any atom is -0.395 e. The first-order chi connectivity index (χ1) is 8.85. The average molecular weight is 249 g/mol. The van der Waals surface area contributed by atoms with Crippen LogP contribution >= 0.6 is 0 Å². The van der Waals surface area contributed by atoms with Crippen LogP contribution in [0.3, 0.4) is 0 Å². The Labute approximate surface area is 107 Å². The van der Waals surface area contributed by atoms with E-state index in [1.54, 1.807) is 18.3 Å². The first-order valence-electron chi connectivity index (χ1n) is 6.33. The van der Waals surface area contributed by atoms with Crippen molar-refractivity contribution < 1.29 is 9.90 Å². The van der Waals surface area contributed by atoms with Crippen LogP contribution in [0, 0.1) is 0 Å². The number of aromatic nitrogens is 1. The van der Waals surface area contributed by atoms with Crippen LogP contribution in [-0.2, 0) is 0 Å². The second kappa shape index (κ2) is 6.47. The number of anilines is 1. The van der Waals surface area contributed by atoms with E-state index in [-0.39, 0.29) is 6.61 Å². The maximum atomic E-state index is 11.0. The van der Waals surface area contributed by atoms with Crippen molar-refractivity contribution in [3.05, 3.63) is 23.9 Å². The smallest absolute Gasteiger partial charge is 0.153 e. The fraction of sp³-hybridized carbons (Fsp3) is 0.538. The highest BCUT2D eigenvalue weighted by atomic mass is 16.3. The van der Waals surface area contributed by atoms with Gasteiger partial charge in [-0.3, -0.25) is 9.69 Å². The van der Waals surface area contributed by atoms with Crippen LogP contribution in [0.4, 0.5) is 5.82 Å². The zero-order chi connectivity index (χ0) is 12.8. The van der Waals surface area contributed by atoms with Crippen LogP contribution in [0.15, 0.2) is 18.3 Å². The topological polar surface area (TPSA) is 56.7 Å². The van der Waals surface area contributed by atoms with Crippen molar-refractivity contribution in [2.24, 2.45) is 0 Å². The molecule has 0 atom stereocenters. The molecule has 5 nitrogen and oxygen atoms in total. The molecule has 98 valence electrons. The van der Waals surface area contributed by atoms with Crippen molar-refractivity contribution in [1.29, 1.82) is 0 Å². The maximum Gasteiger partial charge on any atom is 0.153 e. The normalized spacial score (nSPS) is 17.5. The average Bonchev–Trinajstić information content (AvgIpc) is 2.65. The van der Waals surface area contributed by atoms with E-state index < -0.39 is 0 Å². The highest BCUT2D eigenvalue weighted by Crippen LogP contribution is 2.17. The summed E-state index contributed by atoms with van der Waals surface area (Å²) in [6.45, 7) is 4.55. The van der Waals surface area contributed by atoms with E-state index in [9.17, 15) is 4.79 Å². The van der Waals surface area contributed by atoms with Crippen molar-refractivity contribution in [2.45, 2.75) is 6.42 Å².